The van der Waals surface area contributed by atoms with Crippen LogP contribution in [0.4, 0.5) is 5.69 Å². The highest BCUT2D eigenvalue weighted by Gasteiger charge is 2.25. The second kappa shape index (κ2) is 11.2. The van der Waals surface area contributed by atoms with Gasteiger partial charge in [0.05, 0.1) is 17.4 Å². The molecule has 0 aliphatic carbocycles. The highest BCUT2D eigenvalue weighted by Crippen LogP contribution is 2.25. The van der Waals surface area contributed by atoms with Crippen LogP contribution in [-0.4, -0.2) is 43.4 Å². The number of aromatic carboxylic acids is 1. The van der Waals surface area contributed by atoms with Crippen LogP contribution in [0, 0.1) is 5.92 Å². The summed E-state index contributed by atoms with van der Waals surface area (Å²) in [5.41, 5.74) is 0.966. The molecule has 0 fully saturated rings. The minimum atomic E-state index is -1.07. The number of carbonyl (C=O) groups is 3. The van der Waals surface area contributed by atoms with E-state index in [1.165, 1.54) is 23.9 Å². The van der Waals surface area contributed by atoms with Crippen LogP contribution >= 0.6 is 23.4 Å². The van der Waals surface area contributed by atoms with Crippen molar-refractivity contribution in [2.45, 2.75) is 25.0 Å². The van der Waals surface area contributed by atoms with Crippen molar-refractivity contribution >= 4 is 46.8 Å². The van der Waals surface area contributed by atoms with Crippen LogP contribution in [0.3, 0.4) is 0 Å². The number of aromatic nitrogens is 3. The van der Waals surface area contributed by atoms with Crippen molar-refractivity contribution < 1.29 is 19.5 Å². The van der Waals surface area contributed by atoms with Crippen molar-refractivity contribution in [3.63, 3.8) is 0 Å². The summed E-state index contributed by atoms with van der Waals surface area (Å²) < 4.78 is 1.75. The van der Waals surface area contributed by atoms with Gasteiger partial charge in [0, 0.05) is 23.3 Å². The average molecular weight is 502 g/mol. The molecule has 0 saturated carbocycles. The molecule has 2 amide bonds. The van der Waals surface area contributed by atoms with E-state index in [0.717, 1.165) is 0 Å². The van der Waals surface area contributed by atoms with Crippen LogP contribution in [0.2, 0.25) is 5.02 Å². The molecule has 0 bridgehead atoms. The largest absolute Gasteiger partial charge is 0.478 e. The van der Waals surface area contributed by atoms with E-state index >= 15 is 0 Å². The maximum absolute atomic E-state index is 12.7. The molecule has 2 aromatic carbocycles. The second-order valence-electron chi connectivity index (χ2n) is 7.82. The molecule has 11 heteroatoms. The summed E-state index contributed by atoms with van der Waals surface area (Å²) >= 11 is 7.09. The Hall–Kier alpha value is -3.37. The maximum Gasteiger partial charge on any atom is 0.335 e. The van der Waals surface area contributed by atoms with E-state index in [0.29, 0.717) is 27.3 Å². The topological polar surface area (TPSA) is 126 Å². The van der Waals surface area contributed by atoms with E-state index < -0.39 is 12.0 Å². The van der Waals surface area contributed by atoms with Gasteiger partial charge in [0.1, 0.15) is 0 Å². The number of anilines is 1. The van der Waals surface area contributed by atoms with Gasteiger partial charge in [0.2, 0.25) is 5.91 Å². The molecule has 0 aliphatic rings. The van der Waals surface area contributed by atoms with Crippen molar-refractivity contribution in [3.05, 3.63) is 70.5 Å². The number of nitrogens with one attached hydrogen (secondary N) is 2. The Bertz CT molecular complexity index is 1200. The number of carboxylic acid groups (broad SMARTS) is 1. The molecule has 9 nitrogen and oxygen atoms in total. The zero-order valence-electron chi connectivity index (χ0n) is 18.8. The third kappa shape index (κ3) is 6.36. The third-order valence-electron chi connectivity index (χ3n) is 4.93. The summed E-state index contributed by atoms with van der Waals surface area (Å²) in [5, 5.41) is 24.2. The van der Waals surface area contributed by atoms with Gasteiger partial charge in [-0.1, -0.05) is 43.3 Å². The van der Waals surface area contributed by atoms with Crippen molar-refractivity contribution in [2.24, 2.45) is 13.0 Å². The van der Waals surface area contributed by atoms with Gasteiger partial charge in [-0.05, 0) is 48.4 Å². The summed E-state index contributed by atoms with van der Waals surface area (Å²) in [4.78, 5) is 36.1. The molecule has 0 unspecified atom stereocenters. The predicted molar refractivity (Wildman–Crippen MR) is 130 cm³/mol. The monoisotopic (exact) mass is 501 g/mol. The summed E-state index contributed by atoms with van der Waals surface area (Å²) in [5.74, 6) is -0.993. The normalized spacial score (nSPS) is 11.8. The van der Waals surface area contributed by atoms with Crippen LogP contribution in [0.25, 0.3) is 0 Å². The standard InChI is InChI=1S/C23H24ClN5O4S/c1-13(2)19(26-21(31)14-7-9-16(24)10-8-14)20-27-28-23(29(20)3)34-12-18(30)25-17-6-4-5-15(11-17)22(32)33/h4-11,13,19H,12H2,1-3H3,(H,25,30)(H,26,31)(H,32,33)/t19-/m1/s1. The highest BCUT2D eigenvalue weighted by molar-refractivity contribution is 7.99. The lowest BCUT2D eigenvalue weighted by molar-refractivity contribution is -0.113. The molecule has 0 radical (unpaired) electrons. The Kier molecular flexibility index (Phi) is 8.30. The molecule has 178 valence electrons. The number of amides is 2. The fourth-order valence-corrected chi connectivity index (χ4v) is 3.98. The van der Waals surface area contributed by atoms with Crippen molar-refractivity contribution in [1.82, 2.24) is 20.1 Å². The van der Waals surface area contributed by atoms with Gasteiger partial charge in [-0.2, -0.15) is 0 Å². The number of rotatable bonds is 9. The lowest BCUT2D eigenvalue weighted by atomic mass is 10.0. The number of carboxylic acids is 1. The van der Waals surface area contributed by atoms with Crippen LogP contribution < -0.4 is 10.6 Å². The number of thioether (sulfide) groups is 1. The number of benzene rings is 2. The average Bonchev–Trinajstić information content (AvgIpc) is 3.16. The molecule has 0 aliphatic heterocycles. The number of halogens is 1. The second-order valence-corrected chi connectivity index (χ2v) is 9.20. The summed E-state index contributed by atoms with van der Waals surface area (Å²) in [6, 6.07) is 12.2. The fourth-order valence-electron chi connectivity index (χ4n) is 3.14. The minimum Gasteiger partial charge on any atom is -0.478 e. The molecule has 3 rings (SSSR count). The SMILES string of the molecule is CC(C)[C@@H](NC(=O)c1ccc(Cl)cc1)c1nnc(SCC(=O)Nc2cccc(C(=O)O)c2)n1C. The van der Waals surface area contributed by atoms with Gasteiger partial charge >= 0.3 is 5.97 Å². The molecule has 1 atom stereocenters. The minimum absolute atomic E-state index is 0.0295. The quantitative estimate of drug-likeness (QED) is 0.378. The third-order valence-corrected chi connectivity index (χ3v) is 6.20. The molecule has 3 aromatic rings. The number of nitrogens with zero attached hydrogens (tertiary/aromatic N) is 3. The lowest BCUT2D eigenvalue weighted by Gasteiger charge is -2.21. The molecule has 0 spiro atoms. The number of carbonyl (C=O) groups excluding carboxylic acids is 2. The van der Waals surface area contributed by atoms with E-state index in [2.05, 4.69) is 20.8 Å². The van der Waals surface area contributed by atoms with E-state index in [9.17, 15) is 14.4 Å². The zero-order chi connectivity index (χ0) is 24.8. The van der Waals surface area contributed by atoms with E-state index in [4.69, 9.17) is 16.7 Å². The maximum atomic E-state index is 12.7. The van der Waals surface area contributed by atoms with Crippen LogP contribution in [0.1, 0.15) is 46.4 Å². The van der Waals surface area contributed by atoms with Gasteiger partial charge in [0.25, 0.3) is 5.91 Å². The molecular formula is C23H24ClN5O4S. The summed E-state index contributed by atoms with van der Waals surface area (Å²) in [6.07, 6.45) is 0. The van der Waals surface area contributed by atoms with Crippen molar-refractivity contribution in [1.29, 1.82) is 0 Å². The van der Waals surface area contributed by atoms with Crippen molar-refractivity contribution in [2.75, 3.05) is 11.1 Å². The molecule has 0 saturated heterocycles. The highest BCUT2D eigenvalue weighted by atomic mass is 35.5. The first-order valence-electron chi connectivity index (χ1n) is 10.4. The first-order chi connectivity index (χ1) is 16.2. The van der Waals surface area contributed by atoms with Gasteiger partial charge in [-0.25, -0.2) is 4.79 Å². The first kappa shape index (κ1) is 25.3. The van der Waals surface area contributed by atoms with Crippen LogP contribution in [0.5, 0.6) is 0 Å². The Balaban J connectivity index is 1.65. The Morgan fingerprint density at radius 2 is 1.79 bits per heavy atom. The Morgan fingerprint density at radius 1 is 1.09 bits per heavy atom. The molecule has 34 heavy (non-hydrogen) atoms. The van der Waals surface area contributed by atoms with Gasteiger partial charge in [0.15, 0.2) is 11.0 Å². The molecule has 1 heterocycles. The summed E-state index contributed by atoms with van der Waals surface area (Å²) in [7, 11) is 1.77. The van der Waals surface area contributed by atoms with E-state index in [1.807, 2.05) is 13.8 Å². The van der Waals surface area contributed by atoms with Gasteiger partial charge in [-0.3, -0.25) is 9.59 Å². The molecule has 1 aromatic heterocycles. The van der Waals surface area contributed by atoms with Gasteiger partial charge in [-0.15, -0.1) is 10.2 Å². The van der Waals surface area contributed by atoms with Crippen LogP contribution in [-0.2, 0) is 11.8 Å². The van der Waals surface area contributed by atoms with Crippen molar-refractivity contribution in [3.8, 4) is 0 Å². The summed E-state index contributed by atoms with van der Waals surface area (Å²) in [6.45, 7) is 3.93. The predicted octanol–water partition coefficient (Wildman–Crippen LogP) is 4.02. The first-order valence-corrected chi connectivity index (χ1v) is 11.7. The fraction of sp³-hybridized carbons (Fsp3) is 0.261. The lowest BCUT2D eigenvalue weighted by Crippen LogP contribution is -2.33. The molecule has 3 N–H and O–H groups in total. The van der Waals surface area contributed by atoms with E-state index in [-0.39, 0.29) is 29.0 Å². The van der Waals surface area contributed by atoms with Crippen LogP contribution in [0.15, 0.2) is 53.7 Å². The zero-order valence-corrected chi connectivity index (χ0v) is 20.4. The molecular weight excluding hydrogens is 478 g/mol. The number of hydrogen-bond acceptors (Lipinski definition) is 6. The van der Waals surface area contributed by atoms with Gasteiger partial charge < -0.3 is 20.3 Å². The Morgan fingerprint density at radius 3 is 2.44 bits per heavy atom. The number of hydrogen-bond donors (Lipinski definition) is 3. The smallest absolute Gasteiger partial charge is 0.335 e. The van der Waals surface area contributed by atoms with E-state index in [1.54, 1.807) is 48.0 Å². The Labute approximate surface area is 205 Å².